The van der Waals surface area contributed by atoms with E-state index in [1.807, 2.05) is 0 Å². The Hall–Kier alpha value is -1.11. The highest BCUT2D eigenvalue weighted by atomic mass is 16.1. The second-order valence-electron chi connectivity index (χ2n) is 5.32. The molecular formula is C15H18O. The monoisotopic (exact) mass is 214 g/mol. The average Bonchev–Trinajstić information content (AvgIpc) is 2.74. The molecule has 1 saturated carbocycles. The van der Waals surface area contributed by atoms with Crippen LogP contribution in [0.2, 0.25) is 0 Å². The molecule has 1 aromatic rings. The Morgan fingerprint density at radius 3 is 2.62 bits per heavy atom. The van der Waals surface area contributed by atoms with Gasteiger partial charge in [0.1, 0.15) is 5.78 Å². The number of ketones is 1. The fourth-order valence-corrected chi connectivity index (χ4v) is 3.76. The van der Waals surface area contributed by atoms with Gasteiger partial charge in [-0.25, -0.2) is 0 Å². The van der Waals surface area contributed by atoms with Gasteiger partial charge < -0.3 is 0 Å². The van der Waals surface area contributed by atoms with Crippen molar-refractivity contribution in [2.75, 3.05) is 0 Å². The average molecular weight is 214 g/mol. The summed E-state index contributed by atoms with van der Waals surface area (Å²) in [5, 5.41) is 0. The van der Waals surface area contributed by atoms with Gasteiger partial charge in [0.2, 0.25) is 0 Å². The Labute approximate surface area is 96.9 Å². The molecule has 16 heavy (non-hydrogen) atoms. The maximum Gasteiger partial charge on any atom is 0.143 e. The normalized spacial score (nSPS) is 22.4. The Kier molecular flexibility index (Phi) is 2.17. The smallest absolute Gasteiger partial charge is 0.143 e. The van der Waals surface area contributed by atoms with Crippen molar-refractivity contribution in [2.24, 2.45) is 0 Å². The first-order chi connectivity index (χ1) is 7.74. The van der Waals surface area contributed by atoms with Crippen LogP contribution in [0.1, 0.15) is 48.8 Å². The molecule has 2 aliphatic carbocycles. The zero-order valence-corrected chi connectivity index (χ0v) is 9.88. The highest BCUT2D eigenvalue weighted by Gasteiger charge is 2.45. The lowest BCUT2D eigenvalue weighted by molar-refractivity contribution is -0.125. The molecule has 0 N–H and O–H groups in total. The molecule has 0 amide bonds. The Bertz CT molecular complexity index is 439. The van der Waals surface area contributed by atoms with E-state index in [-0.39, 0.29) is 5.41 Å². The molecule has 1 aromatic carbocycles. The maximum absolute atomic E-state index is 12.3. The third kappa shape index (κ3) is 1.20. The number of hydrogen-bond acceptors (Lipinski definition) is 1. The molecule has 84 valence electrons. The molecule has 1 nitrogen and oxygen atoms in total. The predicted octanol–water partition coefficient (Wildman–Crippen LogP) is 3.32. The molecule has 0 atom stereocenters. The van der Waals surface area contributed by atoms with E-state index in [1.165, 1.54) is 29.5 Å². The summed E-state index contributed by atoms with van der Waals surface area (Å²) in [5.41, 5.74) is 4.07. The third-order valence-corrected chi connectivity index (χ3v) is 4.45. The quantitative estimate of drug-likeness (QED) is 0.647. The van der Waals surface area contributed by atoms with Crippen molar-refractivity contribution >= 4 is 5.78 Å². The number of benzene rings is 1. The first-order valence-corrected chi connectivity index (χ1v) is 6.36. The minimum atomic E-state index is -0.0844. The number of fused-ring (bicyclic) bond motifs is 2. The minimum Gasteiger partial charge on any atom is -0.299 e. The van der Waals surface area contributed by atoms with Gasteiger partial charge in [0, 0.05) is 6.42 Å². The largest absolute Gasteiger partial charge is 0.299 e. The molecule has 1 heteroatoms. The first kappa shape index (κ1) is 10.1. The number of Topliss-reactive ketones (excluding diaryl/α,β-unsaturated/α-hetero) is 1. The molecule has 1 fully saturated rings. The summed E-state index contributed by atoms with van der Waals surface area (Å²) in [6.07, 6.45) is 6.33. The van der Waals surface area contributed by atoms with Gasteiger partial charge in [-0.3, -0.25) is 4.79 Å². The van der Waals surface area contributed by atoms with Crippen molar-refractivity contribution in [3.05, 3.63) is 34.9 Å². The number of hydrogen-bond donors (Lipinski definition) is 0. The number of carbonyl (C=O) groups is 1. The van der Waals surface area contributed by atoms with Crippen molar-refractivity contribution < 1.29 is 4.79 Å². The number of carbonyl (C=O) groups excluding carboxylic acids is 1. The highest BCUT2D eigenvalue weighted by molar-refractivity contribution is 5.93. The zero-order valence-electron chi connectivity index (χ0n) is 9.88. The van der Waals surface area contributed by atoms with Crippen LogP contribution in [0.25, 0.3) is 0 Å². The van der Waals surface area contributed by atoms with E-state index >= 15 is 0 Å². The molecule has 0 aromatic heterocycles. The summed E-state index contributed by atoms with van der Waals surface area (Å²) >= 11 is 0. The second kappa shape index (κ2) is 3.44. The van der Waals surface area contributed by atoms with Crippen LogP contribution >= 0.6 is 0 Å². The summed E-state index contributed by atoms with van der Waals surface area (Å²) in [4.78, 5) is 12.3. The van der Waals surface area contributed by atoms with E-state index in [2.05, 4.69) is 25.1 Å². The van der Waals surface area contributed by atoms with Crippen LogP contribution in [0.15, 0.2) is 18.2 Å². The molecule has 3 rings (SSSR count). The molecule has 1 spiro atoms. The molecule has 0 unspecified atom stereocenters. The summed E-state index contributed by atoms with van der Waals surface area (Å²) in [6, 6.07) is 6.51. The summed E-state index contributed by atoms with van der Waals surface area (Å²) in [5.74, 6) is 0.506. The Balaban J connectivity index is 2.23. The van der Waals surface area contributed by atoms with Gasteiger partial charge >= 0.3 is 0 Å². The van der Waals surface area contributed by atoms with Gasteiger partial charge in [-0.2, -0.15) is 0 Å². The van der Waals surface area contributed by atoms with Gasteiger partial charge in [-0.1, -0.05) is 31.0 Å². The zero-order chi connectivity index (χ0) is 11.2. The lowest BCUT2D eigenvalue weighted by Crippen LogP contribution is -2.38. The summed E-state index contributed by atoms with van der Waals surface area (Å²) < 4.78 is 0. The van der Waals surface area contributed by atoms with Crippen LogP contribution in [0.4, 0.5) is 0 Å². The fourth-order valence-electron chi connectivity index (χ4n) is 3.76. The third-order valence-electron chi connectivity index (χ3n) is 4.45. The van der Waals surface area contributed by atoms with Crippen LogP contribution in [0.3, 0.4) is 0 Å². The molecule has 0 radical (unpaired) electrons. The Morgan fingerprint density at radius 1 is 1.12 bits per heavy atom. The van der Waals surface area contributed by atoms with E-state index in [0.29, 0.717) is 5.78 Å². The van der Waals surface area contributed by atoms with Crippen molar-refractivity contribution in [3.8, 4) is 0 Å². The molecular weight excluding hydrogens is 196 g/mol. The van der Waals surface area contributed by atoms with Gasteiger partial charge in [0.15, 0.2) is 0 Å². The van der Waals surface area contributed by atoms with E-state index < -0.39 is 0 Å². The van der Waals surface area contributed by atoms with Gasteiger partial charge in [0.05, 0.1) is 5.41 Å². The van der Waals surface area contributed by atoms with Gasteiger partial charge in [-0.05, 0) is 42.9 Å². The van der Waals surface area contributed by atoms with Crippen LogP contribution in [-0.4, -0.2) is 5.78 Å². The van der Waals surface area contributed by atoms with E-state index in [0.717, 1.165) is 25.7 Å². The topological polar surface area (TPSA) is 17.1 Å². The van der Waals surface area contributed by atoms with Gasteiger partial charge in [0.25, 0.3) is 0 Å². The molecule has 0 bridgehead atoms. The fraction of sp³-hybridized carbons (Fsp3) is 0.533. The highest BCUT2D eigenvalue weighted by Crippen LogP contribution is 2.47. The molecule has 0 aliphatic heterocycles. The van der Waals surface area contributed by atoms with Gasteiger partial charge in [-0.15, -0.1) is 0 Å². The van der Waals surface area contributed by atoms with Crippen molar-refractivity contribution in [1.29, 1.82) is 0 Å². The lowest BCUT2D eigenvalue weighted by atomic mass is 9.66. The van der Waals surface area contributed by atoms with E-state index in [9.17, 15) is 4.79 Å². The SMILES string of the molecule is Cc1cccc2c1C1(CCCC1)C(=O)CC2. The van der Waals surface area contributed by atoms with E-state index in [1.54, 1.807) is 0 Å². The second-order valence-corrected chi connectivity index (χ2v) is 5.32. The predicted molar refractivity (Wildman–Crippen MR) is 64.7 cm³/mol. The van der Waals surface area contributed by atoms with Crippen LogP contribution < -0.4 is 0 Å². The summed E-state index contributed by atoms with van der Waals surface area (Å²) in [7, 11) is 0. The standard InChI is InChI=1S/C15H18O/c1-11-5-4-6-12-7-8-13(16)15(14(11)12)9-2-3-10-15/h4-6H,2-3,7-10H2,1H3. The lowest BCUT2D eigenvalue weighted by Gasteiger charge is -2.35. The molecule has 2 aliphatic rings. The minimum absolute atomic E-state index is 0.0844. The molecule has 0 saturated heterocycles. The maximum atomic E-state index is 12.3. The van der Waals surface area contributed by atoms with Crippen LogP contribution in [-0.2, 0) is 16.6 Å². The van der Waals surface area contributed by atoms with Crippen molar-refractivity contribution in [2.45, 2.75) is 50.9 Å². The molecule has 0 heterocycles. The van der Waals surface area contributed by atoms with Crippen molar-refractivity contribution in [1.82, 2.24) is 0 Å². The first-order valence-electron chi connectivity index (χ1n) is 6.36. The Morgan fingerprint density at radius 2 is 1.88 bits per heavy atom. The van der Waals surface area contributed by atoms with Crippen molar-refractivity contribution in [3.63, 3.8) is 0 Å². The number of rotatable bonds is 0. The van der Waals surface area contributed by atoms with Crippen LogP contribution in [0.5, 0.6) is 0 Å². The van der Waals surface area contributed by atoms with Crippen LogP contribution in [0, 0.1) is 6.92 Å². The summed E-state index contributed by atoms with van der Waals surface area (Å²) in [6.45, 7) is 2.16. The van der Waals surface area contributed by atoms with E-state index in [4.69, 9.17) is 0 Å². The number of aryl methyl sites for hydroxylation is 2.